The van der Waals surface area contributed by atoms with Gasteiger partial charge in [-0.15, -0.1) is 0 Å². The molecule has 0 unspecified atom stereocenters. The Kier molecular flexibility index (Phi) is 3.95. The van der Waals surface area contributed by atoms with Gasteiger partial charge in [0.15, 0.2) is 0 Å². The molecule has 0 aliphatic heterocycles. The van der Waals surface area contributed by atoms with E-state index in [1.807, 2.05) is 0 Å². The number of halogens is 5. The lowest BCUT2D eigenvalue weighted by molar-refractivity contribution is -0.144. The topological polar surface area (TPSA) is 44.0 Å². The Morgan fingerprint density at radius 2 is 1.71 bits per heavy atom. The van der Waals surface area contributed by atoms with Crippen molar-refractivity contribution in [1.29, 1.82) is 0 Å². The number of hydrogen-bond acceptors (Lipinski definition) is 2. The molecule has 0 aliphatic rings. The van der Waals surface area contributed by atoms with Crippen LogP contribution in [0.3, 0.4) is 0 Å². The van der Waals surface area contributed by atoms with Crippen molar-refractivity contribution in [2.24, 2.45) is 7.05 Å². The van der Waals surface area contributed by atoms with Gasteiger partial charge in [-0.25, -0.2) is 13.8 Å². The first kappa shape index (κ1) is 15.7. The van der Waals surface area contributed by atoms with Gasteiger partial charge < -0.3 is 0 Å². The van der Waals surface area contributed by atoms with E-state index >= 15 is 0 Å². The fourth-order valence-electron chi connectivity index (χ4n) is 1.80. The van der Waals surface area contributed by atoms with Crippen LogP contribution in [0.2, 0.25) is 0 Å². The summed E-state index contributed by atoms with van der Waals surface area (Å²) in [6.45, 7) is 0. The summed E-state index contributed by atoms with van der Waals surface area (Å²) in [5.41, 5.74) is -3.86. The molecule has 21 heavy (non-hydrogen) atoms. The van der Waals surface area contributed by atoms with E-state index in [1.54, 1.807) is 22.6 Å². The zero-order chi connectivity index (χ0) is 15.9. The van der Waals surface area contributed by atoms with Crippen molar-refractivity contribution in [3.05, 3.63) is 60.2 Å². The molecule has 1 heterocycles. The van der Waals surface area contributed by atoms with E-state index in [1.165, 1.54) is 6.07 Å². The molecule has 9 heteroatoms. The summed E-state index contributed by atoms with van der Waals surface area (Å²) in [7, 11) is 0.894. The van der Waals surface area contributed by atoms with Crippen molar-refractivity contribution in [1.82, 2.24) is 9.13 Å². The lowest BCUT2D eigenvalue weighted by Gasteiger charge is -2.14. The van der Waals surface area contributed by atoms with E-state index in [0.717, 1.165) is 19.2 Å². The maximum absolute atomic E-state index is 13.3. The molecule has 0 fully saturated rings. The molecule has 0 radical (unpaired) electrons. The molecular formula is C12H7F4IN2O2. The summed E-state index contributed by atoms with van der Waals surface area (Å²) in [4.78, 5) is 23.8. The van der Waals surface area contributed by atoms with Gasteiger partial charge in [-0.3, -0.25) is 9.36 Å². The molecule has 112 valence electrons. The highest BCUT2D eigenvalue weighted by Crippen LogP contribution is 2.27. The van der Waals surface area contributed by atoms with Crippen LogP contribution in [-0.2, 0) is 13.2 Å². The molecule has 1 aromatic heterocycles. The summed E-state index contributed by atoms with van der Waals surface area (Å²) in [6.07, 6.45) is -4.83. The molecule has 1 aromatic carbocycles. The van der Waals surface area contributed by atoms with Crippen molar-refractivity contribution in [2.45, 2.75) is 6.18 Å². The molecule has 4 nitrogen and oxygen atoms in total. The van der Waals surface area contributed by atoms with Gasteiger partial charge in [0, 0.05) is 16.7 Å². The summed E-state index contributed by atoms with van der Waals surface area (Å²) in [6, 6.07) is 3.68. The number of nitrogens with zero attached hydrogens (tertiary/aromatic N) is 2. The van der Waals surface area contributed by atoms with Crippen molar-refractivity contribution >= 4 is 22.6 Å². The first-order valence-electron chi connectivity index (χ1n) is 5.48. The van der Waals surface area contributed by atoms with Crippen LogP contribution in [0.5, 0.6) is 0 Å². The van der Waals surface area contributed by atoms with Gasteiger partial charge in [-0.1, -0.05) is 0 Å². The van der Waals surface area contributed by atoms with E-state index in [0.29, 0.717) is 18.8 Å². The average Bonchev–Trinajstić information content (AvgIpc) is 2.31. The summed E-state index contributed by atoms with van der Waals surface area (Å²) >= 11 is 1.77. The van der Waals surface area contributed by atoms with Crippen molar-refractivity contribution in [3.8, 4) is 5.69 Å². The number of benzene rings is 1. The molecule has 0 amide bonds. The average molecular weight is 414 g/mol. The SMILES string of the molecule is Cn1c(C(F)(F)F)cc(=O)n(-c2cc(F)cc(I)c2)c1=O. The molecule has 0 aliphatic carbocycles. The fraction of sp³-hybridized carbons (Fsp3) is 0.167. The van der Waals surface area contributed by atoms with Crippen LogP contribution < -0.4 is 11.2 Å². The standard InChI is InChI=1S/C12H7F4IN2O2/c1-18-9(12(14,15)16)5-10(20)19(11(18)21)8-3-6(13)2-7(17)4-8/h2-5H,1H3. The van der Waals surface area contributed by atoms with E-state index in [-0.39, 0.29) is 5.69 Å². The third-order valence-electron chi connectivity index (χ3n) is 2.72. The number of rotatable bonds is 1. The van der Waals surface area contributed by atoms with Crippen LogP contribution in [0.1, 0.15) is 5.69 Å². The van der Waals surface area contributed by atoms with Crippen LogP contribution in [0.15, 0.2) is 33.9 Å². The molecule has 0 bridgehead atoms. The Hall–Kier alpha value is -1.65. The highest BCUT2D eigenvalue weighted by molar-refractivity contribution is 14.1. The Morgan fingerprint density at radius 3 is 2.24 bits per heavy atom. The molecule has 0 atom stereocenters. The number of alkyl halides is 3. The second kappa shape index (κ2) is 5.28. The molecular weight excluding hydrogens is 407 g/mol. The largest absolute Gasteiger partial charge is 0.431 e. The molecule has 2 rings (SSSR count). The Morgan fingerprint density at radius 1 is 1.10 bits per heavy atom. The zero-order valence-corrected chi connectivity index (χ0v) is 12.6. The molecule has 0 saturated carbocycles. The van der Waals surface area contributed by atoms with Crippen LogP contribution in [0.25, 0.3) is 5.69 Å². The number of hydrogen-bond donors (Lipinski definition) is 0. The fourth-order valence-corrected chi connectivity index (χ4v) is 2.42. The lowest BCUT2D eigenvalue weighted by atomic mass is 10.3. The minimum Gasteiger partial charge on any atom is -0.292 e. The van der Waals surface area contributed by atoms with Crippen molar-refractivity contribution < 1.29 is 17.6 Å². The van der Waals surface area contributed by atoms with Crippen molar-refractivity contribution in [2.75, 3.05) is 0 Å². The predicted molar refractivity (Wildman–Crippen MR) is 75.0 cm³/mol. The molecule has 2 aromatic rings. The summed E-state index contributed by atoms with van der Waals surface area (Å²) in [5, 5.41) is 0. The molecule has 0 saturated heterocycles. The Bertz CT molecular complexity index is 803. The minimum absolute atomic E-state index is 0.126. The van der Waals surface area contributed by atoms with E-state index in [9.17, 15) is 27.2 Å². The van der Waals surface area contributed by atoms with Gasteiger partial charge in [0.2, 0.25) is 0 Å². The third kappa shape index (κ3) is 3.01. The molecule has 0 N–H and O–H groups in total. The summed E-state index contributed by atoms with van der Waals surface area (Å²) < 4.78 is 52.6. The van der Waals surface area contributed by atoms with Crippen LogP contribution >= 0.6 is 22.6 Å². The highest BCUT2D eigenvalue weighted by atomic mass is 127. The zero-order valence-electron chi connectivity index (χ0n) is 10.4. The normalized spacial score (nSPS) is 11.7. The monoisotopic (exact) mass is 414 g/mol. The van der Waals surface area contributed by atoms with E-state index < -0.39 is 28.9 Å². The molecule has 0 spiro atoms. The van der Waals surface area contributed by atoms with Gasteiger partial charge in [0.05, 0.1) is 5.69 Å². The third-order valence-corrected chi connectivity index (χ3v) is 3.34. The summed E-state index contributed by atoms with van der Waals surface area (Å²) in [5.74, 6) is -0.703. The highest BCUT2D eigenvalue weighted by Gasteiger charge is 2.35. The maximum atomic E-state index is 13.3. The number of aromatic nitrogens is 2. The van der Waals surface area contributed by atoms with Crippen LogP contribution in [0, 0.1) is 9.39 Å². The van der Waals surface area contributed by atoms with Gasteiger partial charge in [-0.05, 0) is 40.8 Å². The van der Waals surface area contributed by atoms with Crippen LogP contribution in [0.4, 0.5) is 17.6 Å². The Labute approximate surface area is 128 Å². The van der Waals surface area contributed by atoms with Gasteiger partial charge in [0.25, 0.3) is 5.56 Å². The van der Waals surface area contributed by atoms with Gasteiger partial charge >= 0.3 is 11.9 Å². The first-order chi connectivity index (χ1) is 9.61. The van der Waals surface area contributed by atoms with Gasteiger partial charge in [0.1, 0.15) is 11.5 Å². The van der Waals surface area contributed by atoms with E-state index in [2.05, 4.69) is 0 Å². The minimum atomic E-state index is -4.83. The second-order valence-electron chi connectivity index (χ2n) is 4.17. The smallest absolute Gasteiger partial charge is 0.292 e. The predicted octanol–water partition coefficient (Wildman–Crippen LogP) is 2.30. The quantitative estimate of drug-likeness (QED) is 0.531. The Balaban J connectivity index is 2.81. The first-order valence-corrected chi connectivity index (χ1v) is 6.56. The van der Waals surface area contributed by atoms with Crippen molar-refractivity contribution in [3.63, 3.8) is 0 Å². The maximum Gasteiger partial charge on any atom is 0.431 e. The second-order valence-corrected chi connectivity index (χ2v) is 5.42. The lowest BCUT2D eigenvalue weighted by Crippen LogP contribution is -2.40. The van der Waals surface area contributed by atoms with E-state index in [4.69, 9.17) is 0 Å². The van der Waals surface area contributed by atoms with Crippen LogP contribution in [-0.4, -0.2) is 9.13 Å². The van der Waals surface area contributed by atoms with Gasteiger partial charge in [-0.2, -0.15) is 13.2 Å².